The Kier molecular flexibility index (Phi) is 5.41. The molecule has 0 saturated heterocycles. The minimum Gasteiger partial charge on any atom is -0.452 e. The zero-order valence-electron chi connectivity index (χ0n) is 13.8. The summed E-state index contributed by atoms with van der Waals surface area (Å²) in [6, 6.07) is 1.67. The third kappa shape index (κ3) is 4.34. The number of ether oxygens (including phenoxy) is 1. The van der Waals surface area contributed by atoms with Crippen LogP contribution in [0.2, 0.25) is 0 Å². The van der Waals surface area contributed by atoms with E-state index in [1.54, 1.807) is 6.07 Å². The molecule has 23 heavy (non-hydrogen) atoms. The Morgan fingerprint density at radius 3 is 2.61 bits per heavy atom. The van der Waals surface area contributed by atoms with Crippen LogP contribution in [-0.2, 0) is 9.53 Å². The number of hydrogen-bond acceptors (Lipinski definition) is 4. The second-order valence-corrected chi connectivity index (χ2v) is 5.77. The van der Waals surface area contributed by atoms with Crippen LogP contribution in [0, 0.1) is 13.8 Å². The van der Waals surface area contributed by atoms with E-state index in [9.17, 15) is 14.4 Å². The lowest BCUT2D eigenvalue weighted by molar-refractivity contribution is -0.123. The van der Waals surface area contributed by atoms with Crippen molar-refractivity contribution in [2.45, 2.75) is 46.1 Å². The Morgan fingerprint density at radius 2 is 2.00 bits per heavy atom. The molecule has 1 fully saturated rings. The number of aromatic nitrogens is 1. The number of rotatable bonds is 6. The summed E-state index contributed by atoms with van der Waals surface area (Å²) in [5, 5.41) is 4.62. The van der Waals surface area contributed by atoms with Gasteiger partial charge in [-0.15, -0.1) is 0 Å². The van der Waals surface area contributed by atoms with E-state index >= 15 is 0 Å². The van der Waals surface area contributed by atoms with Gasteiger partial charge in [-0.1, -0.05) is 6.92 Å². The van der Waals surface area contributed by atoms with E-state index in [2.05, 4.69) is 15.2 Å². The molecule has 0 aromatic carbocycles. The second-order valence-electron chi connectivity index (χ2n) is 5.77. The van der Waals surface area contributed by atoms with E-state index in [0.717, 1.165) is 30.7 Å². The van der Waals surface area contributed by atoms with Crippen LogP contribution >= 0.6 is 0 Å². The highest BCUT2D eigenvalue weighted by Crippen LogP contribution is 2.38. The van der Waals surface area contributed by atoms with Crippen LogP contribution in [0.1, 0.15) is 54.0 Å². The molecule has 0 unspecified atom stereocenters. The number of amides is 3. The first-order chi connectivity index (χ1) is 10.9. The lowest BCUT2D eigenvalue weighted by Gasteiger charge is -2.08. The van der Waals surface area contributed by atoms with Crippen molar-refractivity contribution in [2.24, 2.45) is 0 Å². The summed E-state index contributed by atoms with van der Waals surface area (Å²) in [4.78, 5) is 35.0. The summed E-state index contributed by atoms with van der Waals surface area (Å²) < 4.78 is 7.13. The Balaban J connectivity index is 1.86. The number of carbonyl (C=O) groups excluding carboxylic acids is 3. The van der Waals surface area contributed by atoms with Gasteiger partial charge >= 0.3 is 12.0 Å². The molecule has 0 atom stereocenters. The van der Waals surface area contributed by atoms with Crippen molar-refractivity contribution in [1.82, 2.24) is 15.2 Å². The fourth-order valence-electron chi connectivity index (χ4n) is 2.53. The van der Waals surface area contributed by atoms with E-state index in [-0.39, 0.29) is 0 Å². The van der Waals surface area contributed by atoms with Crippen LogP contribution in [0.5, 0.6) is 0 Å². The lowest BCUT2D eigenvalue weighted by Crippen LogP contribution is -2.41. The minimum atomic E-state index is -0.650. The van der Waals surface area contributed by atoms with Crippen LogP contribution < -0.4 is 10.6 Å². The molecule has 0 aliphatic heterocycles. The van der Waals surface area contributed by atoms with Crippen molar-refractivity contribution in [3.8, 4) is 0 Å². The van der Waals surface area contributed by atoms with Crippen molar-refractivity contribution in [3.05, 3.63) is 23.0 Å². The van der Waals surface area contributed by atoms with E-state index in [0.29, 0.717) is 18.2 Å². The summed E-state index contributed by atoms with van der Waals surface area (Å²) in [6.45, 7) is 5.73. The fourth-order valence-corrected chi connectivity index (χ4v) is 2.53. The summed E-state index contributed by atoms with van der Waals surface area (Å²) in [7, 11) is 0. The fraction of sp³-hybridized carbons (Fsp3) is 0.562. The largest absolute Gasteiger partial charge is 0.452 e. The Hall–Kier alpha value is -2.31. The van der Waals surface area contributed by atoms with Gasteiger partial charge in [-0.3, -0.25) is 10.1 Å². The standard InChI is InChI=1S/C16H23N3O4/c1-4-7-17-16(22)18-14(20)9-23-15(21)13-8-10(2)19(11(13)3)12-5-6-12/h8,12H,4-7,9H2,1-3H3,(H2,17,18,20,22). The van der Waals surface area contributed by atoms with Gasteiger partial charge in [0, 0.05) is 24.0 Å². The quantitative estimate of drug-likeness (QED) is 0.782. The molecule has 1 aliphatic carbocycles. The predicted molar refractivity (Wildman–Crippen MR) is 84.3 cm³/mol. The van der Waals surface area contributed by atoms with Crippen molar-refractivity contribution in [1.29, 1.82) is 0 Å². The Labute approximate surface area is 135 Å². The molecular weight excluding hydrogens is 298 g/mol. The van der Waals surface area contributed by atoms with E-state index in [1.807, 2.05) is 20.8 Å². The van der Waals surface area contributed by atoms with Gasteiger partial charge in [0.25, 0.3) is 5.91 Å². The first-order valence-corrected chi connectivity index (χ1v) is 7.87. The molecule has 1 aliphatic rings. The molecule has 1 saturated carbocycles. The maximum absolute atomic E-state index is 12.1. The molecule has 0 spiro atoms. The van der Waals surface area contributed by atoms with Gasteiger partial charge in [0.15, 0.2) is 6.61 Å². The van der Waals surface area contributed by atoms with Gasteiger partial charge in [0.05, 0.1) is 5.56 Å². The Bertz CT molecular complexity index is 617. The predicted octanol–water partition coefficient (Wildman–Crippen LogP) is 1.83. The molecule has 2 rings (SSSR count). The molecule has 7 nitrogen and oxygen atoms in total. The molecule has 1 heterocycles. The smallest absolute Gasteiger partial charge is 0.340 e. The van der Waals surface area contributed by atoms with Gasteiger partial charge in [0.2, 0.25) is 0 Å². The Morgan fingerprint density at radius 1 is 1.30 bits per heavy atom. The van der Waals surface area contributed by atoms with Gasteiger partial charge in [-0.2, -0.15) is 0 Å². The summed E-state index contributed by atoms with van der Waals surface area (Å²) in [5.41, 5.74) is 2.34. The molecule has 2 N–H and O–H groups in total. The van der Waals surface area contributed by atoms with E-state index < -0.39 is 24.5 Å². The number of urea groups is 1. The molecule has 0 bridgehead atoms. The summed E-state index contributed by atoms with van der Waals surface area (Å²) in [5.74, 6) is -1.20. The maximum Gasteiger partial charge on any atom is 0.340 e. The SMILES string of the molecule is CCCNC(=O)NC(=O)COC(=O)c1cc(C)n(C2CC2)c1C. The zero-order valence-corrected chi connectivity index (χ0v) is 13.8. The molecule has 126 valence electrons. The number of hydrogen-bond donors (Lipinski definition) is 2. The molecule has 0 radical (unpaired) electrons. The normalized spacial score (nSPS) is 13.5. The van der Waals surface area contributed by atoms with Crippen LogP contribution in [0.25, 0.3) is 0 Å². The number of imide groups is 1. The van der Waals surface area contributed by atoms with Gasteiger partial charge in [-0.25, -0.2) is 9.59 Å². The highest BCUT2D eigenvalue weighted by atomic mass is 16.5. The zero-order chi connectivity index (χ0) is 17.0. The third-order valence-electron chi connectivity index (χ3n) is 3.74. The molecule has 1 aromatic rings. The first-order valence-electron chi connectivity index (χ1n) is 7.87. The number of aryl methyl sites for hydroxylation is 1. The van der Waals surface area contributed by atoms with Gasteiger partial charge < -0.3 is 14.6 Å². The molecule has 3 amide bonds. The molecular formula is C16H23N3O4. The molecule has 1 aromatic heterocycles. The maximum atomic E-state index is 12.1. The van der Waals surface area contributed by atoms with Crippen molar-refractivity contribution >= 4 is 17.9 Å². The summed E-state index contributed by atoms with van der Waals surface area (Å²) >= 11 is 0. The highest BCUT2D eigenvalue weighted by Gasteiger charge is 2.28. The first kappa shape index (κ1) is 17.1. The van der Waals surface area contributed by atoms with Gasteiger partial charge in [0.1, 0.15) is 0 Å². The average Bonchev–Trinajstić information content (AvgIpc) is 3.28. The average molecular weight is 321 g/mol. The van der Waals surface area contributed by atoms with Crippen LogP contribution in [0.15, 0.2) is 6.07 Å². The van der Waals surface area contributed by atoms with Gasteiger partial charge in [-0.05, 0) is 39.2 Å². The minimum absolute atomic E-state index is 0.470. The topological polar surface area (TPSA) is 89.4 Å². The third-order valence-corrected chi connectivity index (χ3v) is 3.74. The number of nitrogens with one attached hydrogen (secondary N) is 2. The van der Waals surface area contributed by atoms with Crippen LogP contribution in [0.3, 0.4) is 0 Å². The van der Waals surface area contributed by atoms with Crippen molar-refractivity contribution in [3.63, 3.8) is 0 Å². The second kappa shape index (κ2) is 7.30. The molecule has 7 heteroatoms. The summed E-state index contributed by atoms with van der Waals surface area (Å²) in [6.07, 6.45) is 3.02. The monoisotopic (exact) mass is 321 g/mol. The lowest BCUT2D eigenvalue weighted by atomic mass is 10.2. The van der Waals surface area contributed by atoms with Crippen LogP contribution in [0.4, 0.5) is 4.79 Å². The van der Waals surface area contributed by atoms with Crippen LogP contribution in [-0.4, -0.2) is 35.6 Å². The number of carbonyl (C=O) groups is 3. The number of esters is 1. The van der Waals surface area contributed by atoms with E-state index in [1.165, 1.54) is 0 Å². The van der Waals surface area contributed by atoms with E-state index in [4.69, 9.17) is 4.74 Å². The number of nitrogens with zero attached hydrogens (tertiary/aromatic N) is 1. The van der Waals surface area contributed by atoms with Crippen molar-refractivity contribution < 1.29 is 19.1 Å². The van der Waals surface area contributed by atoms with Crippen molar-refractivity contribution in [2.75, 3.05) is 13.2 Å². The highest BCUT2D eigenvalue weighted by molar-refractivity contribution is 5.97.